The maximum absolute atomic E-state index is 12.6. The Balaban J connectivity index is 2.20. The van der Waals surface area contributed by atoms with Crippen LogP contribution in [0.1, 0.15) is 38.1 Å². The number of ether oxygens (including phenoxy) is 2. The first kappa shape index (κ1) is 15.4. The summed E-state index contributed by atoms with van der Waals surface area (Å²) in [5.74, 6) is -0.0573. The van der Waals surface area contributed by atoms with E-state index in [4.69, 9.17) is 9.47 Å². The van der Waals surface area contributed by atoms with Crippen molar-refractivity contribution >= 4 is 11.9 Å². The molecule has 0 N–H and O–H groups in total. The number of fused-ring (bicyclic) bond motifs is 1. The molecule has 1 amide bonds. The second-order valence-corrected chi connectivity index (χ2v) is 6.05. The smallest absolute Gasteiger partial charge is 0.329 e. The number of rotatable bonds is 2. The van der Waals surface area contributed by atoms with Crippen LogP contribution in [0.2, 0.25) is 0 Å². The summed E-state index contributed by atoms with van der Waals surface area (Å²) in [5.41, 5.74) is -0.0975. The number of carbonyl (C=O) groups is 2. The molecule has 0 aromatic heterocycles. The number of carbonyl (C=O) groups excluding carboxylic acids is 2. The minimum atomic E-state index is -0.647. The highest BCUT2D eigenvalue weighted by Gasteiger charge is 2.32. The Labute approximate surface area is 124 Å². The van der Waals surface area contributed by atoms with Crippen LogP contribution in [0.25, 0.3) is 0 Å². The van der Waals surface area contributed by atoms with Gasteiger partial charge in [0, 0.05) is 0 Å². The molecule has 1 aromatic carbocycles. The van der Waals surface area contributed by atoms with E-state index in [0.717, 1.165) is 0 Å². The lowest BCUT2D eigenvalue weighted by Gasteiger charge is -2.29. The van der Waals surface area contributed by atoms with Gasteiger partial charge in [-0.05, 0) is 39.8 Å². The van der Waals surface area contributed by atoms with E-state index in [1.165, 1.54) is 4.90 Å². The van der Waals surface area contributed by atoms with E-state index in [2.05, 4.69) is 0 Å². The molecule has 21 heavy (non-hydrogen) atoms. The van der Waals surface area contributed by atoms with E-state index in [9.17, 15) is 9.59 Å². The third kappa shape index (κ3) is 3.54. The summed E-state index contributed by atoms with van der Waals surface area (Å²) in [7, 11) is 0. The van der Waals surface area contributed by atoms with E-state index in [1.807, 2.05) is 6.07 Å². The van der Waals surface area contributed by atoms with Gasteiger partial charge < -0.3 is 14.4 Å². The van der Waals surface area contributed by atoms with Crippen LogP contribution in [-0.2, 0) is 9.53 Å². The van der Waals surface area contributed by atoms with Gasteiger partial charge in [0.2, 0.25) is 0 Å². The molecule has 0 saturated heterocycles. The minimum Gasteiger partial charge on any atom is -0.491 e. The van der Waals surface area contributed by atoms with Crippen molar-refractivity contribution in [2.75, 3.05) is 13.2 Å². The monoisotopic (exact) mass is 291 g/mol. The van der Waals surface area contributed by atoms with Crippen LogP contribution in [0.3, 0.4) is 0 Å². The highest BCUT2D eigenvalue weighted by Crippen LogP contribution is 2.24. The van der Waals surface area contributed by atoms with Crippen LogP contribution in [-0.4, -0.2) is 41.6 Å². The summed E-state index contributed by atoms with van der Waals surface area (Å²) in [6, 6.07) is 6.42. The predicted octanol–water partition coefficient (Wildman–Crippen LogP) is 2.25. The third-order valence-corrected chi connectivity index (χ3v) is 3.18. The Kier molecular flexibility index (Phi) is 4.21. The Morgan fingerprint density at radius 2 is 2.00 bits per heavy atom. The van der Waals surface area contributed by atoms with E-state index < -0.39 is 17.6 Å². The van der Waals surface area contributed by atoms with E-state index in [1.54, 1.807) is 45.9 Å². The van der Waals surface area contributed by atoms with Gasteiger partial charge in [-0.1, -0.05) is 12.1 Å². The van der Waals surface area contributed by atoms with Crippen molar-refractivity contribution in [1.82, 2.24) is 4.90 Å². The first-order valence-corrected chi connectivity index (χ1v) is 7.05. The number of amides is 1. The minimum absolute atomic E-state index is 0.207. The maximum atomic E-state index is 12.6. The quantitative estimate of drug-likeness (QED) is 0.784. The molecule has 0 bridgehead atoms. The van der Waals surface area contributed by atoms with Crippen molar-refractivity contribution in [1.29, 1.82) is 0 Å². The molecule has 0 aliphatic carbocycles. The first-order chi connectivity index (χ1) is 9.79. The molecule has 1 aromatic rings. The molecule has 5 heteroatoms. The molecule has 2 rings (SSSR count). The fourth-order valence-corrected chi connectivity index (χ4v) is 2.16. The number of hydrogen-bond donors (Lipinski definition) is 0. The van der Waals surface area contributed by atoms with Gasteiger partial charge in [-0.2, -0.15) is 0 Å². The van der Waals surface area contributed by atoms with Crippen molar-refractivity contribution in [3.63, 3.8) is 0 Å². The van der Waals surface area contributed by atoms with Gasteiger partial charge in [0.15, 0.2) is 0 Å². The summed E-state index contributed by atoms with van der Waals surface area (Å²) >= 11 is 0. The molecule has 0 saturated carbocycles. The lowest BCUT2D eigenvalue weighted by molar-refractivity contribution is -0.159. The van der Waals surface area contributed by atoms with Crippen LogP contribution in [0, 0.1) is 0 Å². The van der Waals surface area contributed by atoms with Crippen LogP contribution in [0.5, 0.6) is 5.75 Å². The Bertz CT molecular complexity index is 547. The molecule has 114 valence electrons. The van der Waals surface area contributed by atoms with Crippen LogP contribution in [0.15, 0.2) is 24.3 Å². The van der Waals surface area contributed by atoms with Gasteiger partial charge in [-0.25, -0.2) is 4.79 Å². The van der Waals surface area contributed by atoms with Crippen LogP contribution >= 0.6 is 0 Å². The topological polar surface area (TPSA) is 55.8 Å². The van der Waals surface area contributed by atoms with Crippen molar-refractivity contribution in [2.24, 2.45) is 0 Å². The highest BCUT2D eigenvalue weighted by molar-refractivity contribution is 5.99. The van der Waals surface area contributed by atoms with Gasteiger partial charge in [0.05, 0.1) is 12.1 Å². The summed E-state index contributed by atoms with van der Waals surface area (Å²) in [5, 5.41) is 0. The van der Waals surface area contributed by atoms with Gasteiger partial charge in [-0.3, -0.25) is 4.79 Å². The number of hydrogen-bond acceptors (Lipinski definition) is 4. The Hall–Kier alpha value is -2.04. The zero-order valence-corrected chi connectivity index (χ0v) is 12.9. The molecule has 1 heterocycles. The van der Waals surface area contributed by atoms with E-state index >= 15 is 0 Å². The molecule has 5 nitrogen and oxygen atoms in total. The summed E-state index contributed by atoms with van der Waals surface area (Å²) in [4.78, 5) is 26.3. The van der Waals surface area contributed by atoms with Crippen LogP contribution < -0.4 is 4.74 Å². The summed E-state index contributed by atoms with van der Waals surface area (Å²) < 4.78 is 10.9. The average Bonchev–Trinajstić information content (AvgIpc) is 2.56. The van der Waals surface area contributed by atoms with Gasteiger partial charge in [-0.15, -0.1) is 0 Å². The van der Waals surface area contributed by atoms with Crippen molar-refractivity contribution < 1.29 is 19.1 Å². The Morgan fingerprint density at radius 1 is 1.33 bits per heavy atom. The lowest BCUT2D eigenvalue weighted by Crippen LogP contribution is -2.46. The summed E-state index contributed by atoms with van der Waals surface area (Å²) in [6.07, 6.45) is 0. The van der Waals surface area contributed by atoms with Crippen molar-refractivity contribution in [3.05, 3.63) is 29.8 Å². The molecular formula is C16H21NO4. The number of benzene rings is 1. The normalized spacial score (nSPS) is 16.6. The van der Waals surface area contributed by atoms with E-state index in [-0.39, 0.29) is 5.91 Å². The van der Waals surface area contributed by atoms with Gasteiger partial charge in [0.1, 0.15) is 24.0 Å². The molecule has 1 aliphatic rings. The largest absolute Gasteiger partial charge is 0.491 e. The predicted molar refractivity (Wildman–Crippen MR) is 78.3 cm³/mol. The van der Waals surface area contributed by atoms with Crippen LogP contribution in [0.4, 0.5) is 0 Å². The standard InChI is InChI=1S/C16H21NO4/c1-11(15(19)21-16(2,3)4)17-9-10-20-13-8-6-5-7-12(13)14(17)18/h5-8,11H,9-10H2,1-4H3. The Morgan fingerprint density at radius 3 is 2.67 bits per heavy atom. The zero-order valence-electron chi connectivity index (χ0n) is 12.9. The second kappa shape index (κ2) is 5.76. The molecular weight excluding hydrogens is 270 g/mol. The molecule has 0 spiro atoms. The molecule has 0 radical (unpaired) electrons. The number of esters is 1. The zero-order chi connectivity index (χ0) is 15.6. The first-order valence-electron chi connectivity index (χ1n) is 7.05. The molecule has 1 atom stereocenters. The number of para-hydroxylation sites is 1. The average molecular weight is 291 g/mol. The molecule has 1 unspecified atom stereocenters. The van der Waals surface area contributed by atoms with Gasteiger partial charge in [0.25, 0.3) is 5.91 Å². The third-order valence-electron chi connectivity index (χ3n) is 3.18. The maximum Gasteiger partial charge on any atom is 0.329 e. The lowest BCUT2D eigenvalue weighted by atomic mass is 10.1. The second-order valence-electron chi connectivity index (χ2n) is 6.05. The summed E-state index contributed by atoms with van der Waals surface area (Å²) in [6.45, 7) is 7.81. The number of nitrogens with zero attached hydrogens (tertiary/aromatic N) is 1. The van der Waals surface area contributed by atoms with Crippen molar-refractivity contribution in [2.45, 2.75) is 39.3 Å². The fourth-order valence-electron chi connectivity index (χ4n) is 2.16. The molecule has 1 aliphatic heterocycles. The highest BCUT2D eigenvalue weighted by atomic mass is 16.6. The molecule has 0 fully saturated rings. The van der Waals surface area contributed by atoms with Gasteiger partial charge >= 0.3 is 5.97 Å². The SMILES string of the molecule is CC(C(=O)OC(C)(C)C)N1CCOc2ccccc2C1=O. The fraction of sp³-hybridized carbons (Fsp3) is 0.500. The van der Waals surface area contributed by atoms with Crippen molar-refractivity contribution in [3.8, 4) is 5.75 Å². The van der Waals surface area contributed by atoms with E-state index in [0.29, 0.717) is 24.5 Å².